The Balaban J connectivity index is 1.63. The molecule has 0 radical (unpaired) electrons. The van der Waals surface area contributed by atoms with Gasteiger partial charge in [0.25, 0.3) is 0 Å². The molecule has 2 aromatic rings. The molecule has 1 aliphatic carbocycles. The Bertz CT molecular complexity index is 1230. The van der Waals surface area contributed by atoms with Crippen molar-refractivity contribution >= 4 is 33.4 Å². The van der Waals surface area contributed by atoms with Crippen LogP contribution < -0.4 is 20.3 Å². The number of nitrogens with two attached hydrogens (primary N) is 1. The van der Waals surface area contributed by atoms with Gasteiger partial charge >= 0.3 is 6.09 Å². The molecule has 0 aromatic heterocycles. The summed E-state index contributed by atoms with van der Waals surface area (Å²) in [5.74, 6) is -0.0986. The SMILES string of the molecule is CC(=O)N1c2ccc(-c3ccc(S(=O)(=O)NCCCN)cc3)cc2N(C(=O)OC2CCCCC2)C[C@@H]1C. The third-order valence-electron chi connectivity index (χ3n) is 6.96. The molecule has 2 aliphatic rings. The molecule has 1 atom stereocenters. The van der Waals surface area contributed by atoms with Gasteiger partial charge in [0.15, 0.2) is 0 Å². The summed E-state index contributed by atoms with van der Waals surface area (Å²) in [7, 11) is -3.62. The van der Waals surface area contributed by atoms with Gasteiger partial charge in [-0.1, -0.05) is 24.6 Å². The minimum Gasteiger partial charge on any atom is -0.446 e. The summed E-state index contributed by atoms with van der Waals surface area (Å²) in [4.78, 5) is 29.2. The number of fused-ring (bicyclic) bond motifs is 1. The number of amides is 2. The second-order valence-electron chi connectivity index (χ2n) is 9.76. The third kappa shape index (κ3) is 6.14. The van der Waals surface area contributed by atoms with E-state index in [-0.39, 0.29) is 29.5 Å². The van der Waals surface area contributed by atoms with Crippen LogP contribution in [0, 0.1) is 0 Å². The molecule has 1 heterocycles. The monoisotopic (exact) mass is 528 g/mol. The molecule has 9 nitrogen and oxygen atoms in total. The number of benzene rings is 2. The van der Waals surface area contributed by atoms with Crippen LogP contribution in [0.4, 0.5) is 16.2 Å². The number of carbonyl (C=O) groups is 2. The van der Waals surface area contributed by atoms with Gasteiger partial charge in [-0.3, -0.25) is 9.69 Å². The molecule has 3 N–H and O–H groups in total. The van der Waals surface area contributed by atoms with Gasteiger partial charge in [-0.15, -0.1) is 0 Å². The Kier molecular flexibility index (Phi) is 8.51. The average molecular weight is 529 g/mol. The lowest BCUT2D eigenvalue weighted by Crippen LogP contribution is -2.52. The number of hydrogen-bond acceptors (Lipinski definition) is 6. The number of hydrogen-bond donors (Lipinski definition) is 2. The first kappa shape index (κ1) is 27.1. The van der Waals surface area contributed by atoms with E-state index >= 15 is 0 Å². The standard InChI is InChI=1S/C27H36N4O5S/c1-19-18-30(27(33)36-23-7-4-3-5-8-23)26-17-22(11-14-25(26)31(19)20(2)32)21-9-12-24(13-10-21)37(34,35)29-16-6-15-28/h9-14,17,19,23,29H,3-8,15-16,18,28H2,1-2H3/t19-/m0/s1. The highest BCUT2D eigenvalue weighted by Crippen LogP contribution is 2.39. The van der Waals surface area contributed by atoms with E-state index < -0.39 is 16.1 Å². The summed E-state index contributed by atoms with van der Waals surface area (Å²) < 4.78 is 33.4. The van der Waals surface area contributed by atoms with Crippen LogP contribution >= 0.6 is 0 Å². The molecule has 0 saturated heterocycles. The predicted octanol–water partition coefficient (Wildman–Crippen LogP) is 4.01. The number of rotatable bonds is 7. The Hall–Kier alpha value is -2.95. The van der Waals surface area contributed by atoms with E-state index in [9.17, 15) is 18.0 Å². The van der Waals surface area contributed by atoms with Crippen molar-refractivity contribution in [3.05, 3.63) is 42.5 Å². The van der Waals surface area contributed by atoms with Crippen LogP contribution in [0.5, 0.6) is 0 Å². The minimum atomic E-state index is -3.62. The largest absolute Gasteiger partial charge is 0.446 e. The number of sulfonamides is 1. The molecular weight excluding hydrogens is 492 g/mol. The van der Waals surface area contributed by atoms with Gasteiger partial charge in [0, 0.05) is 20.0 Å². The van der Waals surface area contributed by atoms with E-state index in [1.54, 1.807) is 34.1 Å². The molecular formula is C27H36N4O5S. The second-order valence-corrected chi connectivity index (χ2v) is 11.5. The van der Waals surface area contributed by atoms with Gasteiger partial charge in [0.2, 0.25) is 15.9 Å². The van der Waals surface area contributed by atoms with Crippen molar-refractivity contribution in [3.63, 3.8) is 0 Å². The molecule has 1 fully saturated rings. The lowest BCUT2D eigenvalue weighted by Gasteiger charge is -2.41. The van der Waals surface area contributed by atoms with E-state index in [0.29, 0.717) is 30.9 Å². The van der Waals surface area contributed by atoms with Crippen LogP contribution in [0.3, 0.4) is 0 Å². The van der Waals surface area contributed by atoms with E-state index in [4.69, 9.17) is 10.5 Å². The zero-order valence-corrected chi connectivity index (χ0v) is 22.3. The molecule has 0 unspecified atom stereocenters. The quantitative estimate of drug-likeness (QED) is 0.524. The van der Waals surface area contributed by atoms with E-state index in [0.717, 1.165) is 36.8 Å². The summed E-state index contributed by atoms with van der Waals surface area (Å²) in [6, 6.07) is 11.9. The smallest absolute Gasteiger partial charge is 0.414 e. The lowest BCUT2D eigenvalue weighted by atomic mass is 9.98. The Morgan fingerprint density at radius 1 is 1.03 bits per heavy atom. The highest BCUT2D eigenvalue weighted by Gasteiger charge is 2.35. The molecule has 1 aliphatic heterocycles. The van der Waals surface area contributed by atoms with Gasteiger partial charge in [0.05, 0.1) is 22.3 Å². The molecule has 2 aromatic carbocycles. The Morgan fingerprint density at radius 2 is 1.70 bits per heavy atom. The van der Waals surface area contributed by atoms with Crippen LogP contribution in [0.25, 0.3) is 11.1 Å². The highest BCUT2D eigenvalue weighted by molar-refractivity contribution is 7.89. The van der Waals surface area contributed by atoms with Crippen molar-refractivity contribution in [2.24, 2.45) is 5.73 Å². The van der Waals surface area contributed by atoms with Crippen LogP contribution in [0.1, 0.15) is 52.4 Å². The van der Waals surface area contributed by atoms with Gasteiger partial charge in [0.1, 0.15) is 6.10 Å². The van der Waals surface area contributed by atoms with Gasteiger partial charge in [-0.2, -0.15) is 0 Å². The molecule has 37 heavy (non-hydrogen) atoms. The van der Waals surface area contributed by atoms with Crippen LogP contribution in [-0.4, -0.2) is 52.2 Å². The zero-order chi connectivity index (χ0) is 26.6. The van der Waals surface area contributed by atoms with Crippen LogP contribution in [0.2, 0.25) is 0 Å². The topological polar surface area (TPSA) is 122 Å². The van der Waals surface area contributed by atoms with E-state index in [2.05, 4.69) is 4.72 Å². The van der Waals surface area contributed by atoms with Crippen molar-refractivity contribution in [2.75, 3.05) is 29.4 Å². The van der Waals surface area contributed by atoms with Crippen LogP contribution in [0.15, 0.2) is 47.4 Å². The van der Waals surface area contributed by atoms with Crippen molar-refractivity contribution in [1.82, 2.24) is 4.72 Å². The minimum absolute atomic E-state index is 0.0815. The molecule has 0 spiro atoms. The summed E-state index contributed by atoms with van der Waals surface area (Å²) in [6.45, 7) is 4.45. The molecule has 1 saturated carbocycles. The number of nitrogens with zero attached hydrogens (tertiary/aromatic N) is 2. The summed E-state index contributed by atoms with van der Waals surface area (Å²) >= 11 is 0. The van der Waals surface area contributed by atoms with Crippen molar-refractivity contribution in [3.8, 4) is 11.1 Å². The van der Waals surface area contributed by atoms with Crippen molar-refractivity contribution in [2.45, 2.75) is 69.4 Å². The molecule has 200 valence electrons. The predicted molar refractivity (Wildman–Crippen MR) is 144 cm³/mol. The Morgan fingerprint density at radius 3 is 2.35 bits per heavy atom. The van der Waals surface area contributed by atoms with Crippen molar-refractivity contribution < 1.29 is 22.7 Å². The normalized spacial score (nSPS) is 18.4. The first-order chi connectivity index (χ1) is 17.7. The number of carbonyl (C=O) groups excluding carboxylic acids is 2. The maximum Gasteiger partial charge on any atom is 0.414 e. The lowest BCUT2D eigenvalue weighted by molar-refractivity contribution is -0.117. The number of ether oxygens (including phenoxy) is 1. The summed E-state index contributed by atoms with van der Waals surface area (Å²) in [5.41, 5.74) is 8.29. The van der Waals surface area contributed by atoms with Gasteiger partial charge < -0.3 is 15.4 Å². The first-order valence-corrected chi connectivity index (χ1v) is 14.4. The molecule has 2 amide bonds. The van der Waals surface area contributed by atoms with E-state index in [1.165, 1.54) is 13.3 Å². The number of nitrogens with one attached hydrogen (secondary N) is 1. The molecule has 0 bridgehead atoms. The van der Waals surface area contributed by atoms with Gasteiger partial charge in [-0.05, 0) is 81.0 Å². The number of anilines is 2. The zero-order valence-electron chi connectivity index (χ0n) is 21.5. The first-order valence-electron chi connectivity index (χ1n) is 12.9. The molecule has 4 rings (SSSR count). The fourth-order valence-electron chi connectivity index (χ4n) is 5.07. The summed E-state index contributed by atoms with van der Waals surface area (Å²) in [5, 5.41) is 0. The van der Waals surface area contributed by atoms with Crippen molar-refractivity contribution in [1.29, 1.82) is 0 Å². The van der Waals surface area contributed by atoms with Gasteiger partial charge in [-0.25, -0.2) is 17.9 Å². The Labute approximate surface area is 219 Å². The fourth-order valence-corrected chi connectivity index (χ4v) is 6.14. The van der Waals surface area contributed by atoms with Crippen LogP contribution in [-0.2, 0) is 19.6 Å². The van der Waals surface area contributed by atoms with E-state index in [1.807, 2.05) is 25.1 Å². The highest BCUT2D eigenvalue weighted by atomic mass is 32.2. The maximum atomic E-state index is 13.3. The molecule has 10 heteroatoms. The third-order valence-corrected chi connectivity index (χ3v) is 8.44. The maximum absolute atomic E-state index is 13.3. The second kappa shape index (κ2) is 11.6. The average Bonchev–Trinajstić information content (AvgIpc) is 2.88. The summed E-state index contributed by atoms with van der Waals surface area (Å²) in [6.07, 6.45) is 5.10. The fraction of sp³-hybridized carbons (Fsp3) is 0.481.